The molecule has 3 unspecified atom stereocenters. The van der Waals surface area contributed by atoms with Crippen molar-refractivity contribution in [2.45, 2.75) is 50.8 Å². The number of carbonyl (C=O) groups excluding carboxylic acids is 2. The Morgan fingerprint density at radius 3 is 2.56 bits per heavy atom. The fourth-order valence-corrected chi connectivity index (χ4v) is 4.07. The number of carbonyl (C=O) groups is 2. The number of rotatable bonds is 10. The predicted molar refractivity (Wildman–Crippen MR) is 117 cm³/mol. The number of aromatic nitrogens is 2. The highest BCUT2D eigenvalue weighted by atomic mass is 31.1. The molecule has 184 valence electrons. The summed E-state index contributed by atoms with van der Waals surface area (Å²) < 4.78 is 50.2. The van der Waals surface area contributed by atoms with E-state index in [-0.39, 0.29) is 18.6 Å². The average molecular weight is 498 g/mol. The summed E-state index contributed by atoms with van der Waals surface area (Å²) in [4.78, 5) is 49.0. The molecule has 0 spiro atoms. The van der Waals surface area contributed by atoms with E-state index in [1.165, 1.54) is 6.92 Å². The van der Waals surface area contributed by atoms with E-state index in [2.05, 4.69) is 0 Å². The van der Waals surface area contributed by atoms with Crippen LogP contribution >= 0.6 is 8.25 Å². The molecule has 1 aromatic heterocycles. The van der Waals surface area contributed by atoms with E-state index in [1.807, 2.05) is 4.98 Å². The largest absolute Gasteiger partial charge is 0.456 e. The number of esters is 1. The topological polar surface area (TPSA) is 143 Å². The van der Waals surface area contributed by atoms with E-state index in [0.717, 1.165) is 23.8 Å². The van der Waals surface area contributed by atoms with Crippen LogP contribution < -0.4 is 15.8 Å². The van der Waals surface area contributed by atoms with Gasteiger partial charge in [-0.05, 0) is 26.0 Å². The zero-order valence-electron chi connectivity index (χ0n) is 18.4. The summed E-state index contributed by atoms with van der Waals surface area (Å²) in [5, 5.41) is 0. The van der Waals surface area contributed by atoms with E-state index in [1.54, 1.807) is 30.3 Å². The Kier molecular flexibility index (Phi) is 8.19. The standard InChI is InChI=1S/C21H24FN2O9P/c1-13(25)8-9-17(27)32-18-15(12-30-34(29)33-14-6-4-3-5-7-14)31-19(21(18,2)22)24-11-10-16(26)23-20(24)28/h3-7,10-11,15,18-19,34H,8-9,12H2,1-2H3,(H,23,26,28)/t15?,18-,19?,21-/m1/s1. The number of para-hydroxylation sites is 1. The van der Waals surface area contributed by atoms with Gasteiger partial charge in [0.1, 0.15) is 17.6 Å². The Hall–Kier alpha value is -3.08. The summed E-state index contributed by atoms with van der Waals surface area (Å²) >= 11 is 0. The lowest BCUT2D eigenvalue weighted by molar-refractivity contribution is -0.158. The first-order valence-corrected chi connectivity index (χ1v) is 11.5. The van der Waals surface area contributed by atoms with Gasteiger partial charge in [-0.2, -0.15) is 0 Å². The molecule has 2 heterocycles. The first kappa shape index (κ1) is 25.5. The number of ketones is 1. The smallest absolute Gasteiger partial charge is 0.367 e. The van der Waals surface area contributed by atoms with Crippen molar-refractivity contribution in [1.82, 2.24) is 9.55 Å². The van der Waals surface area contributed by atoms with Crippen LogP contribution in [-0.4, -0.2) is 45.8 Å². The molecule has 0 bridgehead atoms. The van der Waals surface area contributed by atoms with Gasteiger partial charge in [0, 0.05) is 18.7 Å². The molecule has 3 rings (SSSR count). The molecule has 0 saturated carbocycles. The molecule has 1 fully saturated rings. The predicted octanol–water partition coefficient (Wildman–Crippen LogP) is 1.93. The van der Waals surface area contributed by atoms with Crippen molar-refractivity contribution >= 4 is 20.0 Å². The van der Waals surface area contributed by atoms with Crippen LogP contribution in [-0.2, 0) is 28.2 Å². The van der Waals surface area contributed by atoms with Crippen LogP contribution in [0.5, 0.6) is 5.75 Å². The fraction of sp³-hybridized carbons (Fsp3) is 0.429. The summed E-state index contributed by atoms with van der Waals surface area (Å²) in [6, 6.07) is 9.21. The van der Waals surface area contributed by atoms with Crippen molar-refractivity contribution in [1.29, 1.82) is 0 Å². The van der Waals surface area contributed by atoms with Gasteiger partial charge in [0.05, 0.1) is 13.0 Å². The normalized spacial score (nSPS) is 25.0. The third-order valence-corrected chi connectivity index (χ3v) is 5.84. The van der Waals surface area contributed by atoms with Gasteiger partial charge in [0.25, 0.3) is 5.56 Å². The van der Waals surface area contributed by atoms with Gasteiger partial charge >= 0.3 is 19.9 Å². The molecule has 1 aliphatic rings. The highest BCUT2D eigenvalue weighted by molar-refractivity contribution is 7.33. The maximum Gasteiger partial charge on any atom is 0.367 e. The lowest BCUT2D eigenvalue weighted by atomic mass is 9.98. The summed E-state index contributed by atoms with van der Waals surface area (Å²) in [6.07, 6.45) is -3.81. The van der Waals surface area contributed by atoms with Crippen molar-refractivity contribution in [3.8, 4) is 5.75 Å². The number of ether oxygens (including phenoxy) is 2. The zero-order chi connectivity index (χ0) is 24.9. The minimum absolute atomic E-state index is 0.0992. The number of aromatic amines is 1. The Labute approximate surface area is 193 Å². The molecular weight excluding hydrogens is 474 g/mol. The fourth-order valence-electron chi connectivity index (χ4n) is 3.38. The second-order valence-corrected chi connectivity index (χ2v) is 8.78. The van der Waals surface area contributed by atoms with Crippen LogP contribution in [0.4, 0.5) is 4.39 Å². The van der Waals surface area contributed by atoms with Gasteiger partial charge in [-0.25, -0.2) is 13.8 Å². The monoisotopic (exact) mass is 498 g/mol. The lowest BCUT2D eigenvalue weighted by Crippen LogP contribution is -2.46. The lowest BCUT2D eigenvalue weighted by Gasteiger charge is -2.27. The van der Waals surface area contributed by atoms with Gasteiger partial charge in [-0.15, -0.1) is 0 Å². The van der Waals surface area contributed by atoms with Gasteiger partial charge < -0.3 is 18.8 Å². The summed E-state index contributed by atoms with van der Waals surface area (Å²) in [5.74, 6) is -0.823. The van der Waals surface area contributed by atoms with Crippen LogP contribution in [0.1, 0.15) is 32.9 Å². The summed E-state index contributed by atoms with van der Waals surface area (Å²) in [6.45, 7) is 1.86. The molecule has 11 nitrogen and oxygen atoms in total. The van der Waals surface area contributed by atoms with Crippen LogP contribution in [0.3, 0.4) is 0 Å². The number of halogens is 1. The Morgan fingerprint density at radius 1 is 1.21 bits per heavy atom. The number of Topliss-reactive ketones (excluding diaryl/α,β-unsaturated/α-hetero) is 1. The number of hydrogen-bond acceptors (Lipinski definition) is 9. The van der Waals surface area contributed by atoms with Gasteiger partial charge in [-0.1, -0.05) is 18.2 Å². The molecule has 34 heavy (non-hydrogen) atoms. The molecule has 5 atom stereocenters. The molecule has 0 aliphatic carbocycles. The molecule has 1 aromatic carbocycles. The van der Waals surface area contributed by atoms with Crippen LogP contribution in [0, 0.1) is 0 Å². The second kappa shape index (κ2) is 10.9. The molecular formula is C21H24FN2O9P. The molecule has 0 amide bonds. The highest BCUT2D eigenvalue weighted by Gasteiger charge is 2.58. The molecule has 1 saturated heterocycles. The molecule has 2 aromatic rings. The summed E-state index contributed by atoms with van der Waals surface area (Å²) in [5.41, 5.74) is -4.09. The number of H-pyrrole nitrogens is 1. The Bertz CT molecular complexity index is 1160. The zero-order valence-corrected chi connectivity index (χ0v) is 19.4. The SMILES string of the molecule is CC(=O)CCC(=O)O[C@@H]1C(CO[PH](=O)Oc2ccccc2)OC(n2ccc(=O)[nH]c2=O)[C@]1(C)F. The van der Waals surface area contributed by atoms with Gasteiger partial charge in [0.2, 0.25) is 0 Å². The molecule has 0 radical (unpaired) electrons. The number of hydrogen-bond donors (Lipinski definition) is 1. The third-order valence-electron chi connectivity index (χ3n) is 5.03. The first-order valence-electron chi connectivity index (χ1n) is 10.3. The molecule has 13 heteroatoms. The minimum Gasteiger partial charge on any atom is -0.456 e. The van der Waals surface area contributed by atoms with Crippen LogP contribution in [0.25, 0.3) is 0 Å². The number of nitrogens with one attached hydrogen (secondary N) is 1. The quantitative estimate of drug-likeness (QED) is 0.384. The number of nitrogens with zero attached hydrogens (tertiary/aromatic N) is 1. The van der Waals surface area contributed by atoms with E-state index < -0.39 is 56.2 Å². The highest BCUT2D eigenvalue weighted by Crippen LogP contribution is 2.43. The van der Waals surface area contributed by atoms with Crippen LogP contribution in [0.15, 0.2) is 52.2 Å². The van der Waals surface area contributed by atoms with E-state index in [0.29, 0.717) is 5.75 Å². The van der Waals surface area contributed by atoms with E-state index in [9.17, 15) is 23.7 Å². The van der Waals surface area contributed by atoms with Gasteiger partial charge in [0.15, 0.2) is 18.0 Å². The van der Waals surface area contributed by atoms with E-state index in [4.69, 9.17) is 18.5 Å². The third kappa shape index (κ3) is 6.28. The Balaban J connectivity index is 1.79. The Morgan fingerprint density at radius 2 is 1.91 bits per heavy atom. The van der Waals surface area contributed by atoms with Crippen molar-refractivity contribution in [2.24, 2.45) is 0 Å². The number of benzene rings is 1. The average Bonchev–Trinajstić information content (AvgIpc) is 3.01. The second-order valence-electron chi connectivity index (χ2n) is 7.78. The summed E-state index contributed by atoms with van der Waals surface area (Å²) in [7, 11) is -3.09. The molecule has 1 aliphatic heterocycles. The molecule has 1 N–H and O–H groups in total. The minimum atomic E-state index is -3.09. The maximum absolute atomic E-state index is 15.9. The van der Waals surface area contributed by atoms with Crippen molar-refractivity contribution < 1.29 is 37.1 Å². The maximum atomic E-state index is 15.9. The van der Waals surface area contributed by atoms with Crippen molar-refractivity contribution in [3.63, 3.8) is 0 Å². The number of alkyl halides is 1. The van der Waals surface area contributed by atoms with Gasteiger partial charge in [-0.3, -0.25) is 23.7 Å². The van der Waals surface area contributed by atoms with Crippen molar-refractivity contribution in [3.05, 3.63) is 63.4 Å². The van der Waals surface area contributed by atoms with Crippen LogP contribution in [0.2, 0.25) is 0 Å². The first-order chi connectivity index (χ1) is 16.1. The van der Waals surface area contributed by atoms with Crippen molar-refractivity contribution in [2.75, 3.05) is 6.61 Å². The van der Waals surface area contributed by atoms with E-state index >= 15 is 4.39 Å².